The van der Waals surface area contributed by atoms with Crippen molar-refractivity contribution < 1.29 is 43.6 Å². The summed E-state index contributed by atoms with van der Waals surface area (Å²) in [5.41, 5.74) is 0. The zero-order valence-electron chi connectivity index (χ0n) is 5.90. The van der Waals surface area contributed by atoms with Gasteiger partial charge in [0.05, 0.1) is 0 Å². The minimum Gasteiger partial charge on any atom is -1.00 e. The summed E-state index contributed by atoms with van der Waals surface area (Å²) in [6.07, 6.45) is 10.0. The molecule has 0 bridgehead atoms. The number of hydrogen-bond acceptors (Lipinski definition) is 2. The second-order valence-electron chi connectivity index (χ2n) is 1.00. The Balaban J connectivity index is -0.0000000369. The Morgan fingerprint density at radius 3 is 1.73 bits per heavy atom. The SMILES string of the molecule is C=O.C=O.[Br-].[C-]1=CC=CC1.[Fe+2]. The molecule has 0 aromatic rings. The van der Waals surface area contributed by atoms with Crippen molar-refractivity contribution in [2.45, 2.75) is 6.42 Å². The first-order chi connectivity index (χ1) is 4.50. The van der Waals surface area contributed by atoms with E-state index in [4.69, 9.17) is 9.59 Å². The van der Waals surface area contributed by atoms with Gasteiger partial charge in [-0.05, 0) is 0 Å². The van der Waals surface area contributed by atoms with Gasteiger partial charge in [-0.2, -0.15) is 6.08 Å². The monoisotopic (exact) mass is 260 g/mol. The molecule has 0 atom stereocenters. The molecule has 0 fully saturated rings. The van der Waals surface area contributed by atoms with E-state index in [1.165, 1.54) is 0 Å². The molecule has 0 aromatic carbocycles. The predicted molar refractivity (Wildman–Crippen MR) is 35.8 cm³/mol. The van der Waals surface area contributed by atoms with Crippen LogP contribution in [0.5, 0.6) is 0 Å². The fourth-order valence-corrected chi connectivity index (χ4v) is 0.340. The molecule has 0 radical (unpaired) electrons. The smallest absolute Gasteiger partial charge is 1.00 e. The second-order valence-corrected chi connectivity index (χ2v) is 1.00. The molecule has 0 aliphatic heterocycles. The van der Waals surface area contributed by atoms with Crippen LogP contribution in [0.4, 0.5) is 0 Å². The Morgan fingerprint density at radius 1 is 1.18 bits per heavy atom. The molecule has 4 heteroatoms. The first kappa shape index (κ1) is 22.4. The molecule has 0 aromatic heterocycles. The fourth-order valence-electron chi connectivity index (χ4n) is 0.340. The van der Waals surface area contributed by atoms with Crippen molar-refractivity contribution in [2.75, 3.05) is 0 Å². The van der Waals surface area contributed by atoms with Crippen LogP contribution in [0.3, 0.4) is 0 Å². The van der Waals surface area contributed by atoms with E-state index < -0.39 is 0 Å². The van der Waals surface area contributed by atoms with Gasteiger partial charge in [0.25, 0.3) is 0 Å². The molecule has 0 spiro atoms. The van der Waals surface area contributed by atoms with Gasteiger partial charge < -0.3 is 26.6 Å². The summed E-state index contributed by atoms with van der Waals surface area (Å²) < 4.78 is 0. The van der Waals surface area contributed by atoms with Gasteiger partial charge in [0.1, 0.15) is 13.6 Å². The molecule has 0 heterocycles. The molecule has 0 amide bonds. The fraction of sp³-hybridized carbons (Fsp3) is 0.143. The topological polar surface area (TPSA) is 34.1 Å². The van der Waals surface area contributed by atoms with Crippen LogP contribution >= 0.6 is 0 Å². The van der Waals surface area contributed by atoms with Crippen LogP contribution in [-0.4, -0.2) is 13.6 Å². The minimum absolute atomic E-state index is 0. The Bertz CT molecular complexity index is 92.6. The average Bonchev–Trinajstić information content (AvgIpc) is 2.51. The van der Waals surface area contributed by atoms with Crippen LogP contribution in [0, 0.1) is 6.08 Å². The van der Waals surface area contributed by atoms with E-state index >= 15 is 0 Å². The summed E-state index contributed by atoms with van der Waals surface area (Å²) >= 11 is 0. The Labute approximate surface area is 88.0 Å². The maximum atomic E-state index is 8.00. The van der Waals surface area contributed by atoms with Gasteiger partial charge in [-0.3, -0.25) is 6.08 Å². The zero-order valence-corrected chi connectivity index (χ0v) is 8.59. The van der Waals surface area contributed by atoms with Crippen molar-refractivity contribution >= 4 is 13.6 Å². The van der Waals surface area contributed by atoms with Crippen LogP contribution < -0.4 is 17.0 Å². The summed E-state index contributed by atoms with van der Waals surface area (Å²) in [4.78, 5) is 16.0. The number of hydrogen-bond donors (Lipinski definition) is 0. The Morgan fingerprint density at radius 2 is 1.64 bits per heavy atom. The van der Waals surface area contributed by atoms with E-state index in [9.17, 15) is 0 Å². The van der Waals surface area contributed by atoms with E-state index in [0.29, 0.717) is 0 Å². The number of halogens is 1. The molecule has 2 nitrogen and oxygen atoms in total. The molecule has 0 N–H and O–H groups in total. The first-order valence-electron chi connectivity index (χ1n) is 2.29. The number of rotatable bonds is 0. The van der Waals surface area contributed by atoms with Gasteiger partial charge in [-0.1, -0.05) is 0 Å². The van der Waals surface area contributed by atoms with Gasteiger partial charge in [0.15, 0.2) is 0 Å². The summed E-state index contributed by atoms with van der Waals surface area (Å²) in [5, 5.41) is 0. The second kappa shape index (κ2) is 32.9. The van der Waals surface area contributed by atoms with Crippen molar-refractivity contribution in [2.24, 2.45) is 0 Å². The van der Waals surface area contributed by atoms with Crippen LogP contribution in [0.15, 0.2) is 18.2 Å². The van der Waals surface area contributed by atoms with E-state index in [0.717, 1.165) is 6.42 Å². The quantitative estimate of drug-likeness (QED) is 0.371. The number of carbonyl (C=O) groups excluding carboxylic acids is 2. The summed E-state index contributed by atoms with van der Waals surface area (Å²) in [6.45, 7) is 4.00. The Kier molecular flexibility index (Phi) is 67.1. The molecule has 64 valence electrons. The van der Waals surface area contributed by atoms with Crippen LogP contribution in [0.25, 0.3) is 0 Å². The largest absolute Gasteiger partial charge is 2.00 e. The molecular formula is C7H9BrFeO2. The predicted octanol–water partition coefficient (Wildman–Crippen LogP) is -2.06. The third-order valence-corrected chi connectivity index (χ3v) is 0.586. The van der Waals surface area contributed by atoms with Crippen molar-refractivity contribution in [3.05, 3.63) is 24.3 Å². The average molecular weight is 261 g/mol. The molecule has 1 aliphatic rings. The summed E-state index contributed by atoms with van der Waals surface area (Å²) in [7, 11) is 0. The molecule has 0 saturated heterocycles. The van der Waals surface area contributed by atoms with Gasteiger partial charge >= 0.3 is 17.1 Å². The van der Waals surface area contributed by atoms with E-state index in [2.05, 4.69) is 12.2 Å². The minimum atomic E-state index is 0. The van der Waals surface area contributed by atoms with E-state index in [1.807, 2.05) is 25.7 Å². The van der Waals surface area contributed by atoms with Gasteiger partial charge in [0.2, 0.25) is 0 Å². The summed E-state index contributed by atoms with van der Waals surface area (Å²) in [5.74, 6) is 0. The van der Waals surface area contributed by atoms with Crippen molar-refractivity contribution in [3.8, 4) is 0 Å². The van der Waals surface area contributed by atoms with Crippen molar-refractivity contribution in [3.63, 3.8) is 0 Å². The van der Waals surface area contributed by atoms with Gasteiger partial charge in [0, 0.05) is 0 Å². The number of allylic oxidation sites excluding steroid dienone is 4. The van der Waals surface area contributed by atoms with Crippen molar-refractivity contribution in [1.82, 2.24) is 0 Å². The maximum absolute atomic E-state index is 8.00. The normalized spacial score (nSPS) is 8.73. The van der Waals surface area contributed by atoms with Gasteiger partial charge in [-0.15, -0.1) is 6.42 Å². The number of carbonyl (C=O) groups is 2. The maximum Gasteiger partial charge on any atom is 2.00 e. The molecule has 1 aliphatic carbocycles. The van der Waals surface area contributed by atoms with Crippen LogP contribution in [0.2, 0.25) is 0 Å². The van der Waals surface area contributed by atoms with E-state index in [-0.39, 0.29) is 34.1 Å². The third-order valence-electron chi connectivity index (χ3n) is 0.586. The third kappa shape index (κ3) is 25.8. The zero-order chi connectivity index (χ0) is 7.54. The molecule has 0 saturated carbocycles. The van der Waals surface area contributed by atoms with Crippen LogP contribution in [0.1, 0.15) is 6.42 Å². The van der Waals surface area contributed by atoms with Crippen molar-refractivity contribution in [1.29, 1.82) is 0 Å². The first-order valence-corrected chi connectivity index (χ1v) is 2.29. The standard InChI is InChI=1S/C5H5.2CH2O.BrH.Fe/c1-2-4-5-3-1;2*1-2;;/h1-3H,4H2;2*1H2;1H;/q-1;;;;+2/p-1. The van der Waals surface area contributed by atoms with E-state index in [1.54, 1.807) is 0 Å². The molecule has 0 unspecified atom stereocenters. The Hall–Kier alpha value is -0.181. The molecular weight excluding hydrogens is 252 g/mol. The van der Waals surface area contributed by atoms with Gasteiger partial charge in [-0.25, -0.2) is 12.2 Å². The molecule has 11 heavy (non-hydrogen) atoms. The summed E-state index contributed by atoms with van der Waals surface area (Å²) in [6, 6.07) is 0. The van der Waals surface area contributed by atoms with Crippen LogP contribution in [-0.2, 0) is 26.7 Å². The molecule has 1 rings (SSSR count).